The molecule has 0 bridgehead atoms. The largest absolute Gasteiger partial charge is 0.416 e. The van der Waals surface area contributed by atoms with Gasteiger partial charge in [0.2, 0.25) is 0 Å². The van der Waals surface area contributed by atoms with E-state index in [0.29, 0.717) is 20.6 Å². The zero-order chi connectivity index (χ0) is 26.6. The van der Waals surface area contributed by atoms with E-state index in [1.54, 1.807) is 49.4 Å². The zero-order valence-corrected chi connectivity index (χ0v) is 21.8. The first-order valence-corrected chi connectivity index (χ1v) is 13.7. The predicted molar refractivity (Wildman–Crippen MR) is 139 cm³/mol. The molecule has 0 unspecified atom stereocenters. The monoisotopic (exact) mass is 564 g/mol. The topological polar surface area (TPSA) is 68.6 Å². The lowest BCUT2D eigenvalue weighted by molar-refractivity contribution is -0.137. The molecule has 1 heterocycles. The average molecular weight is 565 g/mol. The zero-order valence-electron chi connectivity index (χ0n) is 19.4. The molecular formula is C26H20ClF3N2O3S2. The van der Waals surface area contributed by atoms with E-state index in [2.05, 4.69) is 10.1 Å². The maximum Gasteiger partial charge on any atom is 0.416 e. The summed E-state index contributed by atoms with van der Waals surface area (Å²) in [7, 11) is -3.80. The minimum atomic E-state index is -4.49. The molecule has 3 aromatic carbocycles. The molecule has 0 saturated carbocycles. The Bertz CT molecular complexity index is 1520. The second-order valence-corrected chi connectivity index (χ2v) is 11.4. The standard InChI is InChI=1S/C26H20ClF3N2O3S2/c1-17-24(36-25(31-17)19-10-12-21(27)13-11-19)23(16-37(33,34)22-8-3-2-4-9-22)32-35-15-18-6-5-7-20(14-18)26(28,29)30/h2-14H,15-16H2,1H3/b32-23-. The Hall–Kier alpha value is -3.21. The van der Waals surface area contributed by atoms with Crippen LogP contribution in [-0.4, -0.2) is 24.9 Å². The number of rotatable bonds is 8. The molecule has 0 radical (unpaired) electrons. The molecule has 0 aliphatic rings. The number of aromatic nitrogens is 1. The van der Waals surface area contributed by atoms with E-state index in [-0.39, 0.29) is 22.8 Å². The van der Waals surface area contributed by atoms with Crippen molar-refractivity contribution in [2.75, 3.05) is 5.75 Å². The maximum atomic E-state index is 13.1. The number of hydrogen-bond acceptors (Lipinski definition) is 6. The molecule has 0 atom stereocenters. The summed E-state index contributed by atoms with van der Waals surface area (Å²) < 4.78 is 65.4. The Morgan fingerprint density at radius 3 is 2.41 bits per heavy atom. The lowest BCUT2D eigenvalue weighted by Gasteiger charge is -2.09. The lowest BCUT2D eigenvalue weighted by atomic mass is 10.1. The van der Waals surface area contributed by atoms with Crippen LogP contribution in [0.1, 0.15) is 21.7 Å². The second kappa shape index (κ2) is 11.0. The summed E-state index contributed by atoms with van der Waals surface area (Å²) in [4.78, 5) is 10.6. The molecule has 0 amide bonds. The first kappa shape index (κ1) is 26.8. The van der Waals surface area contributed by atoms with E-state index in [0.717, 1.165) is 17.7 Å². The van der Waals surface area contributed by atoms with E-state index in [4.69, 9.17) is 16.4 Å². The number of benzene rings is 3. The summed E-state index contributed by atoms with van der Waals surface area (Å²) in [5, 5.41) is 5.28. The van der Waals surface area contributed by atoms with Gasteiger partial charge in [-0.1, -0.05) is 59.2 Å². The van der Waals surface area contributed by atoms with Gasteiger partial charge in [0.15, 0.2) is 9.84 Å². The molecule has 4 aromatic rings. The highest BCUT2D eigenvalue weighted by Gasteiger charge is 2.30. The van der Waals surface area contributed by atoms with Gasteiger partial charge in [0.25, 0.3) is 0 Å². The predicted octanol–water partition coefficient (Wildman–Crippen LogP) is 7.19. The fourth-order valence-corrected chi connectivity index (χ4v) is 5.99. The minimum absolute atomic E-state index is 0.103. The Balaban J connectivity index is 1.67. The summed E-state index contributed by atoms with van der Waals surface area (Å²) in [5.74, 6) is -0.483. The van der Waals surface area contributed by atoms with Gasteiger partial charge in [0.1, 0.15) is 23.1 Å². The first-order valence-electron chi connectivity index (χ1n) is 10.9. The molecule has 4 rings (SSSR count). The third-order valence-corrected chi connectivity index (χ3v) is 8.39. The third-order valence-electron chi connectivity index (χ3n) is 5.24. The Kier molecular flexibility index (Phi) is 8.01. The number of nitrogens with zero attached hydrogens (tertiary/aromatic N) is 2. The Labute approximate surface area is 221 Å². The van der Waals surface area contributed by atoms with Gasteiger partial charge in [-0.15, -0.1) is 11.3 Å². The van der Waals surface area contributed by atoms with Crippen LogP contribution in [0.2, 0.25) is 5.02 Å². The van der Waals surface area contributed by atoms with Crippen LogP contribution in [0.5, 0.6) is 0 Å². The fourth-order valence-electron chi connectivity index (χ4n) is 3.43. The van der Waals surface area contributed by atoms with Gasteiger partial charge in [-0.3, -0.25) is 0 Å². The molecule has 37 heavy (non-hydrogen) atoms. The average Bonchev–Trinajstić information content (AvgIpc) is 3.25. The molecule has 192 valence electrons. The van der Waals surface area contributed by atoms with Crippen LogP contribution in [-0.2, 0) is 27.5 Å². The highest BCUT2D eigenvalue weighted by Crippen LogP contribution is 2.31. The fraction of sp³-hybridized carbons (Fsp3) is 0.154. The van der Waals surface area contributed by atoms with E-state index in [1.807, 2.05) is 0 Å². The van der Waals surface area contributed by atoms with E-state index < -0.39 is 27.3 Å². The second-order valence-electron chi connectivity index (χ2n) is 8.02. The van der Waals surface area contributed by atoms with Crippen molar-refractivity contribution in [1.82, 2.24) is 4.98 Å². The van der Waals surface area contributed by atoms with Gasteiger partial charge in [0, 0.05) is 10.6 Å². The Morgan fingerprint density at radius 2 is 1.73 bits per heavy atom. The van der Waals surface area contributed by atoms with E-state index in [9.17, 15) is 21.6 Å². The van der Waals surface area contributed by atoms with Crippen molar-refractivity contribution in [3.63, 3.8) is 0 Å². The van der Waals surface area contributed by atoms with Crippen molar-refractivity contribution >= 4 is 38.5 Å². The van der Waals surface area contributed by atoms with Crippen molar-refractivity contribution in [2.45, 2.75) is 24.6 Å². The summed E-state index contributed by atoms with van der Waals surface area (Å²) >= 11 is 7.21. The van der Waals surface area contributed by atoms with Crippen LogP contribution in [0.15, 0.2) is 88.9 Å². The molecular weight excluding hydrogens is 545 g/mol. The number of sulfone groups is 1. The number of hydrogen-bond donors (Lipinski definition) is 0. The van der Waals surface area contributed by atoms with Crippen LogP contribution >= 0.6 is 22.9 Å². The van der Waals surface area contributed by atoms with Crippen LogP contribution in [0.4, 0.5) is 13.2 Å². The number of aryl methyl sites for hydroxylation is 1. The first-order chi connectivity index (χ1) is 17.5. The summed E-state index contributed by atoms with van der Waals surface area (Å²) in [6.45, 7) is 1.45. The molecule has 5 nitrogen and oxygen atoms in total. The molecule has 0 spiro atoms. The quantitative estimate of drug-likeness (QED) is 0.168. The summed E-state index contributed by atoms with van der Waals surface area (Å²) in [5.41, 5.74) is 0.867. The lowest BCUT2D eigenvalue weighted by Crippen LogP contribution is -2.18. The molecule has 0 N–H and O–H groups in total. The van der Waals surface area contributed by atoms with Crippen molar-refractivity contribution in [3.05, 3.63) is 106 Å². The van der Waals surface area contributed by atoms with Crippen LogP contribution in [0.25, 0.3) is 10.6 Å². The number of oxime groups is 1. The van der Waals surface area contributed by atoms with Gasteiger partial charge in [0.05, 0.1) is 21.0 Å². The van der Waals surface area contributed by atoms with Crippen LogP contribution in [0, 0.1) is 6.92 Å². The van der Waals surface area contributed by atoms with Crippen LogP contribution in [0.3, 0.4) is 0 Å². The molecule has 11 heteroatoms. The third kappa shape index (κ3) is 6.76. The normalized spacial score (nSPS) is 12.5. The van der Waals surface area contributed by atoms with Gasteiger partial charge in [-0.05, 0) is 48.9 Å². The SMILES string of the molecule is Cc1nc(-c2ccc(Cl)cc2)sc1/C(CS(=O)(=O)c1ccccc1)=N\OCc1cccc(C(F)(F)F)c1. The van der Waals surface area contributed by atoms with E-state index in [1.165, 1.54) is 35.6 Å². The highest BCUT2D eigenvalue weighted by atomic mass is 35.5. The van der Waals surface area contributed by atoms with Crippen LogP contribution < -0.4 is 0 Å². The number of alkyl halides is 3. The maximum absolute atomic E-state index is 13.1. The summed E-state index contributed by atoms with van der Waals surface area (Å²) in [6.07, 6.45) is -4.49. The number of thiazole rings is 1. The molecule has 0 aliphatic carbocycles. The van der Waals surface area contributed by atoms with Crippen molar-refractivity contribution in [1.29, 1.82) is 0 Å². The van der Waals surface area contributed by atoms with Crippen molar-refractivity contribution < 1.29 is 26.4 Å². The van der Waals surface area contributed by atoms with Crippen molar-refractivity contribution in [3.8, 4) is 10.6 Å². The molecule has 0 saturated heterocycles. The van der Waals surface area contributed by atoms with E-state index >= 15 is 0 Å². The molecule has 0 aliphatic heterocycles. The summed E-state index contributed by atoms with van der Waals surface area (Å²) in [6, 6.07) is 19.6. The smallest absolute Gasteiger partial charge is 0.391 e. The number of halogens is 4. The minimum Gasteiger partial charge on any atom is -0.391 e. The highest BCUT2D eigenvalue weighted by molar-refractivity contribution is 7.92. The van der Waals surface area contributed by atoms with Crippen molar-refractivity contribution in [2.24, 2.45) is 5.16 Å². The van der Waals surface area contributed by atoms with Gasteiger partial charge < -0.3 is 4.84 Å². The van der Waals surface area contributed by atoms with Gasteiger partial charge in [-0.25, -0.2) is 13.4 Å². The Morgan fingerprint density at radius 1 is 1.03 bits per heavy atom. The molecule has 1 aromatic heterocycles. The van der Waals surface area contributed by atoms with Gasteiger partial charge >= 0.3 is 6.18 Å². The van der Waals surface area contributed by atoms with Gasteiger partial charge in [-0.2, -0.15) is 13.2 Å². The molecule has 0 fully saturated rings.